The standard InChI is InChI=1S/C32H56N2O4/c1-5-9-11-13-15-17-19-25-33(7-3)27-37-31(35)29-21-23-30(24-22-29)32(36)38-28-34(8-4)26-20-18-16-14-12-10-6-2/h21-24H,5-20,25-28H2,1-4H3. The zero-order valence-electron chi connectivity index (χ0n) is 25.0. The Hall–Kier alpha value is -1.92. The average molecular weight is 533 g/mol. The lowest BCUT2D eigenvalue weighted by Crippen LogP contribution is -2.29. The van der Waals surface area contributed by atoms with Crippen LogP contribution in [-0.2, 0) is 9.47 Å². The Bertz CT molecular complexity index is 662. The van der Waals surface area contributed by atoms with E-state index in [9.17, 15) is 9.59 Å². The third-order valence-corrected chi connectivity index (χ3v) is 7.16. The van der Waals surface area contributed by atoms with Crippen molar-refractivity contribution in [3.05, 3.63) is 35.4 Å². The molecule has 0 bridgehead atoms. The molecule has 0 amide bonds. The number of ether oxygens (including phenoxy) is 2. The van der Waals surface area contributed by atoms with Gasteiger partial charge in [-0.25, -0.2) is 9.59 Å². The Balaban J connectivity index is 2.31. The molecule has 6 nitrogen and oxygen atoms in total. The molecule has 0 aliphatic rings. The number of carbonyl (C=O) groups is 2. The van der Waals surface area contributed by atoms with Crippen LogP contribution in [0.25, 0.3) is 0 Å². The lowest BCUT2D eigenvalue weighted by molar-refractivity contribution is 0.0211. The number of esters is 2. The van der Waals surface area contributed by atoms with E-state index in [2.05, 4.69) is 37.5 Å². The van der Waals surface area contributed by atoms with Gasteiger partial charge in [-0.05, 0) is 50.2 Å². The molecule has 0 N–H and O–H groups in total. The van der Waals surface area contributed by atoms with Gasteiger partial charge < -0.3 is 9.47 Å². The van der Waals surface area contributed by atoms with Crippen LogP contribution in [0, 0.1) is 0 Å². The third-order valence-electron chi connectivity index (χ3n) is 7.16. The average Bonchev–Trinajstić information content (AvgIpc) is 2.95. The van der Waals surface area contributed by atoms with Gasteiger partial charge in [-0.3, -0.25) is 9.80 Å². The van der Waals surface area contributed by atoms with E-state index in [1.165, 1.54) is 77.0 Å². The second kappa shape index (κ2) is 23.0. The Morgan fingerprint density at radius 1 is 0.526 bits per heavy atom. The van der Waals surface area contributed by atoms with Gasteiger partial charge in [-0.15, -0.1) is 0 Å². The maximum Gasteiger partial charge on any atom is 0.339 e. The summed E-state index contributed by atoms with van der Waals surface area (Å²) in [6.45, 7) is 12.8. The van der Waals surface area contributed by atoms with Crippen LogP contribution in [0.3, 0.4) is 0 Å². The molecule has 0 saturated carbocycles. The fourth-order valence-electron chi connectivity index (χ4n) is 4.42. The van der Waals surface area contributed by atoms with Gasteiger partial charge in [-0.1, -0.05) is 105 Å². The summed E-state index contributed by atoms with van der Waals surface area (Å²) >= 11 is 0. The molecule has 1 aromatic rings. The summed E-state index contributed by atoms with van der Waals surface area (Å²) in [6.07, 6.45) is 17.8. The van der Waals surface area contributed by atoms with Crippen LogP contribution in [0.15, 0.2) is 24.3 Å². The molecule has 0 radical (unpaired) electrons. The number of nitrogens with zero attached hydrogens (tertiary/aromatic N) is 2. The monoisotopic (exact) mass is 532 g/mol. The van der Waals surface area contributed by atoms with E-state index in [1.54, 1.807) is 24.3 Å². The number of unbranched alkanes of at least 4 members (excludes halogenated alkanes) is 12. The van der Waals surface area contributed by atoms with E-state index in [0.717, 1.165) is 39.0 Å². The summed E-state index contributed by atoms with van der Waals surface area (Å²) in [5, 5.41) is 0. The third kappa shape index (κ3) is 16.1. The normalized spacial score (nSPS) is 11.3. The molecule has 6 heteroatoms. The van der Waals surface area contributed by atoms with E-state index in [4.69, 9.17) is 9.47 Å². The van der Waals surface area contributed by atoms with Crippen molar-refractivity contribution in [1.29, 1.82) is 0 Å². The van der Waals surface area contributed by atoms with Crippen LogP contribution in [0.5, 0.6) is 0 Å². The van der Waals surface area contributed by atoms with Crippen LogP contribution in [0.2, 0.25) is 0 Å². The predicted octanol–water partition coefficient (Wildman–Crippen LogP) is 8.06. The first-order chi connectivity index (χ1) is 18.5. The van der Waals surface area contributed by atoms with Gasteiger partial charge >= 0.3 is 11.9 Å². The van der Waals surface area contributed by atoms with Gasteiger partial charge in [0.15, 0.2) is 0 Å². The van der Waals surface area contributed by atoms with Crippen molar-refractivity contribution in [3.63, 3.8) is 0 Å². The molecule has 1 aromatic carbocycles. The molecule has 38 heavy (non-hydrogen) atoms. The first-order valence-corrected chi connectivity index (χ1v) is 15.4. The SMILES string of the molecule is CCCCCCCCCN(CC)COC(=O)c1ccc(C(=O)OCN(CC)CCCCCCCCC)cc1. The maximum atomic E-state index is 12.5. The van der Waals surface area contributed by atoms with Crippen molar-refractivity contribution in [2.75, 3.05) is 39.6 Å². The van der Waals surface area contributed by atoms with Crippen molar-refractivity contribution in [2.24, 2.45) is 0 Å². The van der Waals surface area contributed by atoms with E-state index in [0.29, 0.717) is 24.6 Å². The second-order valence-electron chi connectivity index (χ2n) is 10.4. The predicted molar refractivity (Wildman–Crippen MR) is 157 cm³/mol. The maximum absolute atomic E-state index is 12.5. The van der Waals surface area contributed by atoms with Crippen molar-refractivity contribution < 1.29 is 19.1 Å². The highest BCUT2D eigenvalue weighted by Gasteiger charge is 2.13. The van der Waals surface area contributed by atoms with Crippen LogP contribution in [0.4, 0.5) is 0 Å². The summed E-state index contributed by atoms with van der Waals surface area (Å²) in [6, 6.07) is 6.56. The highest BCUT2D eigenvalue weighted by atomic mass is 16.5. The van der Waals surface area contributed by atoms with Gasteiger partial charge in [0.2, 0.25) is 0 Å². The van der Waals surface area contributed by atoms with E-state index < -0.39 is 0 Å². The minimum Gasteiger partial charge on any atom is -0.446 e. The number of hydrogen-bond donors (Lipinski definition) is 0. The summed E-state index contributed by atoms with van der Waals surface area (Å²) in [5.41, 5.74) is 0.894. The molecule has 0 fully saturated rings. The zero-order chi connectivity index (χ0) is 27.8. The molecule has 0 unspecified atom stereocenters. The molecular weight excluding hydrogens is 476 g/mol. The Morgan fingerprint density at radius 3 is 1.16 bits per heavy atom. The summed E-state index contributed by atoms with van der Waals surface area (Å²) in [5.74, 6) is -0.732. The highest BCUT2D eigenvalue weighted by Crippen LogP contribution is 2.11. The number of rotatable bonds is 24. The number of benzene rings is 1. The summed E-state index contributed by atoms with van der Waals surface area (Å²) in [7, 11) is 0. The molecule has 0 aromatic heterocycles. The van der Waals surface area contributed by atoms with E-state index >= 15 is 0 Å². The molecule has 0 heterocycles. The van der Waals surface area contributed by atoms with Crippen LogP contribution >= 0.6 is 0 Å². The van der Waals surface area contributed by atoms with Gasteiger partial charge in [0.1, 0.15) is 13.5 Å². The number of carbonyl (C=O) groups excluding carboxylic acids is 2. The first kappa shape index (κ1) is 34.1. The van der Waals surface area contributed by atoms with E-state index in [-0.39, 0.29) is 11.9 Å². The van der Waals surface area contributed by atoms with Crippen LogP contribution in [0.1, 0.15) is 138 Å². The smallest absolute Gasteiger partial charge is 0.339 e. The highest BCUT2D eigenvalue weighted by molar-refractivity contribution is 5.93. The van der Waals surface area contributed by atoms with Gasteiger partial charge in [0.05, 0.1) is 11.1 Å². The topological polar surface area (TPSA) is 59.1 Å². The Labute approximate surface area is 233 Å². The van der Waals surface area contributed by atoms with Crippen molar-refractivity contribution in [3.8, 4) is 0 Å². The zero-order valence-corrected chi connectivity index (χ0v) is 25.0. The summed E-state index contributed by atoms with van der Waals surface area (Å²) < 4.78 is 11.0. The lowest BCUT2D eigenvalue weighted by atomic mass is 10.1. The largest absolute Gasteiger partial charge is 0.446 e. The Morgan fingerprint density at radius 2 is 0.842 bits per heavy atom. The second-order valence-corrected chi connectivity index (χ2v) is 10.4. The van der Waals surface area contributed by atoms with Gasteiger partial charge in [0, 0.05) is 13.1 Å². The molecule has 0 atom stereocenters. The van der Waals surface area contributed by atoms with Crippen LogP contribution in [-0.4, -0.2) is 61.4 Å². The Kier molecular flexibility index (Phi) is 20.7. The first-order valence-electron chi connectivity index (χ1n) is 15.4. The van der Waals surface area contributed by atoms with Gasteiger partial charge in [-0.2, -0.15) is 0 Å². The molecule has 0 saturated heterocycles. The molecular formula is C32H56N2O4. The number of hydrogen-bond acceptors (Lipinski definition) is 6. The van der Waals surface area contributed by atoms with Crippen LogP contribution < -0.4 is 0 Å². The molecule has 0 spiro atoms. The van der Waals surface area contributed by atoms with E-state index in [1.807, 2.05) is 0 Å². The van der Waals surface area contributed by atoms with Gasteiger partial charge in [0.25, 0.3) is 0 Å². The molecule has 0 aliphatic carbocycles. The minimum atomic E-state index is -0.366. The minimum absolute atomic E-state index is 0.292. The molecule has 218 valence electrons. The van der Waals surface area contributed by atoms with Crippen molar-refractivity contribution >= 4 is 11.9 Å². The van der Waals surface area contributed by atoms with Crippen molar-refractivity contribution in [1.82, 2.24) is 9.80 Å². The summed E-state index contributed by atoms with van der Waals surface area (Å²) in [4.78, 5) is 29.3. The fraction of sp³-hybridized carbons (Fsp3) is 0.750. The van der Waals surface area contributed by atoms with Crippen molar-refractivity contribution in [2.45, 2.75) is 118 Å². The quantitative estimate of drug-likeness (QED) is 0.0762. The lowest BCUT2D eigenvalue weighted by Gasteiger charge is -2.20. The fourth-order valence-corrected chi connectivity index (χ4v) is 4.42. The molecule has 0 aliphatic heterocycles. The molecule has 1 rings (SSSR count).